The van der Waals surface area contributed by atoms with Gasteiger partial charge in [-0.05, 0) is 116 Å². The zero-order chi connectivity index (χ0) is 20.0. The number of carbonyl (C=O) groups excluding carboxylic acids is 1. The molecule has 0 spiro atoms. The summed E-state index contributed by atoms with van der Waals surface area (Å²) < 4.78 is 0. The maximum Gasteiger partial charge on any atom is 0.251 e. The highest BCUT2D eigenvalue weighted by Gasteiger charge is 2.52. The van der Waals surface area contributed by atoms with Crippen molar-refractivity contribution in [3.8, 4) is 5.75 Å². The molecule has 4 saturated carbocycles. The molecule has 29 heavy (non-hydrogen) atoms. The number of rotatable bonds is 5. The van der Waals surface area contributed by atoms with E-state index in [-0.39, 0.29) is 11.7 Å². The van der Waals surface area contributed by atoms with Crippen LogP contribution in [0, 0.1) is 24.7 Å². The van der Waals surface area contributed by atoms with E-state index in [1.54, 1.807) is 12.1 Å². The van der Waals surface area contributed by atoms with E-state index in [1.807, 2.05) is 18.2 Å². The average Bonchev–Trinajstić information content (AvgIpc) is 2.68. The fraction of sp³-hybridized carbons (Fsp3) is 0.500. The zero-order valence-electron chi connectivity index (χ0n) is 17.3. The molecule has 6 rings (SSSR count). The van der Waals surface area contributed by atoms with E-state index in [0.717, 1.165) is 35.3 Å². The number of amides is 1. The molecule has 3 heteroatoms. The summed E-state index contributed by atoms with van der Waals surface area (Å²) in [5.74, 6) is 3.01. The Kier molecular flexibility index (Phi) is 4.64. The van der Waals surface area contributed by atoms with Crippen molar-refractivity contribution >= 4 is 5.91 Å². The van der Waals surface area contributed by atoms with Gasteiger partial charge in [0.05, 0.1) is 0 Å². The zero-order valence-corrected chi connectivity index (χ0v) is 17.3. The van der Waals surface area contributed by atoms with Crippen molar-refractivity contribution < 1.29 is 9.90 Å². The van der Waals surface area contributed by atoms with Gasteiger partial charge in [-0.3, -0.25) is 4.79 Å². The Morgan fingerprint density at radius 3 is 2.24 bits per heavy atom. The molecule has 4 aliphatic rings. The molecule has 0 aromatic heterocycles. The largest absolute Gasteiger partial charge is 0.508 e. The molecular weight excluding hydrogens is 358 g/mol. The summed E-state index contributed by atoms with van der Waals surface area (Å²) in [6.45, 7) is 2.82. The highest BCUT2D eigenvalue weighted by molar-refractivity contribution is 5.94. The summed E-state index contributed by atoms with van der Waals surface area (Å²) in [4.78, 5) is 12.8. The van der Waals surface area contributed by atoms with Crippen molar-refractivity contribution in [3.05, 3.63) is 64.7 Å². The van der Waals surface area contributed by atoms with Crippen molar-refractivity contribution in [1.29, 1.82) is 0 Å². The summed E-state index contributed by atoms with van der Waals surface area (Å²) in [6, 6.07) is 13.5. The first kappa shape index (κ1) is 18.7. The monoisotopic (exact) mass is 389 g/mol. The number of hydrogen-bond acceptors (Lipinski definition) is 2. The van der Waals surface area contributed by atoms with Crippen LogP contribution in [0.15, 0.2) is 42.5 Å². The Hall–Kier alpha value is -2.29. The molecule has 2 aromatic carbocycles. The molecule has 4 fully saturated rings. The van der Waals surface area contributed by atoms with Crippen LogP contribution in [0.2, 0.25) is 0 Å². The maximum atomic E-state index is 12.8. The summed E-state index contributed by atoms with van der Waals surface area (Å²) in [7, 11) is 0. The molecule has 0 saturated heterocycles. The molecule has 4 aliphatic carbocycles. The van der Waals surface area contributed by atoms with Gasteiger partial charge >= 0.3 is 0 Å². The molecule has 2 N–H and O–H groups in total. The third-order valence-corrected chi connectivity index (χ3v) is 7.74. The first-order valence-corrected chi connectivity index (χ1v) is 11.2. The van der Waals surface area contributed by atoms with Gasteiger partial charge in [0.1, 0.15) is 5.75 Å². The number of benzene rings is 2. The number of nitrogens with one attached hydrogen (secondary N) is 1. The molecular formula is C26H31NO2. The van der Waals surface area contributed by atoms with E-state index < -0.39 is 0 Å². The Labute approximate surface area is 173 Å². The second kappa shape index (κ2) is 7.19. The van der Waals surface area contributed by atoms with E-state index in [1.165, 1.54) is 49.7 Å². The van der Waals surface area contributed by atoms with Crippen molar-refractivity contribution in [3.63, 3.8) is 0 Å². The first-order valence-electron chi connectivity index (χ1n) is 11.2. The number of hydrogen-bond donors (Lipinski definition) is 2. The summed E-state index contributed by atoms with van der Waals surface area (Å²) >= 11 is 0. The second-order valence-corrected chi connectivity index (χ2v) is 9.90. The molecule has 1 amide bonds. The van der Waals surface area contributed by atoms with Crippen LogP contribution in [0.25, 0.3) is 0 Å². The van der Waals surface area contributed by atoms with Crippen LogP contribution in [-0.4, -0.2) is 17.6 Å². The van der Waals surface area contributed by atoms with Crippen molar-refractivity contribution in [2.45, 2.75) is 57.3 Å². The van der Waals surface area contributed by atoms with Crippen LogP contribution in [0.5, 0.6) is 5.75 Å². The third kappa shape index (κ3) is 3.56. The molecule has 4 bridgehead atoms. The fourth-order valence-electron chi connectivity index (χ4n) is 6.86. The number of aryl methyl sites for hydroxylation is 1. The quantitative estimate of drug-likeness (QED) is 0.744. The van der Waals surface area contributed by atoms with Gasteiger partial charge in [0, 0.05) is 12.1 Å². The second-order valence-electron chi connectivity index (χ2n) is 9.90. The highest BCUT2D eigenvalue weighted by Crippen LogP contribution is 2.61. The Balaban J connectivity index is 1.30. The van der Waals surface area contributed by atoms with Crippen molar-refractivity contribution in [1.82, 2.24) is 5.32 Å². The van der Waals surface area contributed by atoms with E-state index in [4.69, 9.17) is 0 Å². The van der Waals surface area contributed by atoms with Gasteiger partial charge in [-0.25, -0.2) is 0 Å². The normalized spacial score (nSPS) is 29.8. The van der Waals surface area contributed by atoms with Crippen molar-refractivity contribution in [2.75, 3.05) is 6.54 Å². The van der Waals surface area contributed by atoms with E-state index in [0.29, 0.717) is 12.0 Å². The van der Waals surface area contributed by atoms with Gasteiger partial charge in [0.2, 0.25) is 0 Å². The predicted octanol–water partition coefficient (Wildman–Crippen LogP) is 5.14. The molecule has 152 valence electrons. The molecule has 3 nitrogen and oxygen atoms in total. The van der Waals surface area contributed by atoms with Gasteiger partial charge in [-0.15, -0.1) is 0 Å². The smallest absolute Gasteiger partial charge is 0.251 e. The van der Waals surface area contributed by atoms with Crippen LogP contribution in [0.4, 0.5) is 0 Å². The van der Waals surface area contributed by atoms with Gasteiger partial charge in [-0.1, -0.05) is 18.2 Å². The summed E-state index contributed by atoms with van der Waals surface area (Å²) in [5, 5.41) is 12.5. The van der Waals surface area contributed by atoms with Gasteiger partial charge in [0.25, 0.3) is 5.91 Å². The minimum Gasteiger partial charge on any atom is -0.508 e. The lowest BCUT2D eigenvalue weighted by atomic mass is 9.47. The third-order valence-electron chi connectivity index (χ3n) is 7.74. The standard InChI is InChI=1S/C26H31NO2/c1-17-2-5-22(25(29)27-9-8-18-3-6-23(28)7-4-18)13-24(17)26-14-19-10-20(15-26)12-21(11-19)16-26/h2-7,13,19-21,28H,8-12,14-16H2,1H3,(H,27,29). The topological polar surface area (TPSA) is 49.3 Å². The molecule has 0 atom stereocenters. The van der Waals surface area contributed by atoms with E-state index in [9.17, 15) is 9.90 Å². The number of aromatic hydroxyl groups is 1. The number of carbonyl (C=O) groups is 1. The van der Waals surface area contributed by atoms with Crippen LogP contribution in [0.3, 0.4) is 0 Å². The number of phenolic OH excluding ortho intramolecular Hbond substituents is 1. The maximum absolute atomic E-state index is 12.8. The lowest BCUT2D eigenvalue weighted by Gasteiger charge is -2.57. The van der Waals surface area contributed by atoms with Crippen molar-refractivity contribution in [2.24, 2.45) is 17.8 Å². The summed E-state index contributed by atoms with van der Waals surface area (Å²) in [5.41, 5.74) is 5.03. The van der Waals surface area contributed by atoms with Crippen LogP contribution >= 0.6 is 0 Å². The lowest BCUT2D eigenvalue weighted by molar-refractivity contribution is -0.00548. The predicted molar refractivity (Wildman–Crippen MR) is 115 cm³/mol. The average molecular weight is 390 g/mol. The van der Waals surface area contributed by atoms with Crippen LogP contribution < -0.4 is 5.32 Å². The number of phenols is 1. The minimum absolute atomic E-state index is 0.0229. The molecule has 0 heterocycles. The lowest BCUT2D eigenvalue weighted by Crippen LogP contribution is -2.48. The van der Waals surface area contributed by atoms with Crippen LogP contribution in [-0.2, 0) is 11.8 Å². The highest BCUT2D eigenvalue weighted by atomic mass is 16.3. The molecule has 0 radical (unpaired) electrons. The van der Waals surface area contributed by atoms with Crippen LogP contribution in [0.1, 0.15) is 65.6 Å². The Morgan fingerprint density at radius 2 is 1.62 bits per heavy atom. The Bertz CT molecular complexity index is 880. The Morgan fingerprint density at radius 1 is 1.00 bits per heavy atom. The molecule has 0 aliphatic heterocycles. The first-order chi connectivity index (χ1) is 14.0. The molecule has 2 aromatic rings. The summed E-state index contributed by atoms with van der Waals surface area (Å²) in [6.07, 6.45) is 9.06. The van der Waals surface area contributed by atoms with E-state index in [2.05, 4.69) is 24.4 Å². The fourth-order valence-corrected chi connectivity index (χ4v) is 6.86. The van der Waals surface area contributed by atoms with Gasteiger partial charge in [-0.2, -0.15) is 0 Å². The SMILES string of the molecule is Cc1ccc(C(=O)NCCc2ccc(O)cc2)cc1C12CC3CC(CC(C3)C1)C2. The minimum atomic E-state index is 0.0229. The van der Waals surface area contributed by atoms with E-state index >= 15 is 0 Å². The van der Waals surface area contributed by atoms with Gasteiger partial charge in [0.15, 0.2) is 0 Å². The molecule has 0 unspecified atom stereocenters. The van der Waals surface area contributed by atoms with Gasteiger partial charge < -0.3 is 10.4 Å².